The Labute approximate surface area is 264 Å². The minimum absolute atomic E-state index is 0.0301. The van der Waals surface area contributed by atoms with Crippen LogP contribution in [0.15, 0.2) is 126 Å². The van der Waals surface area contributed by atoms with Crippen molar-refractivity contribution in [3.8, 4) is 11.3 Å². The molecule has 0 bridgehead atoms. The Morgan fingerprint density at radius 1 is 0.578 bits per heavy atom. The largest absolute Gasteiger partial charge is 0.468 e. The second-order valence-corrected chi connectivity index (χ2v) is 13.7. The van der Waals surface area contributed by atoms with Crippen LogP contribution in [0.5, 0.6) is 0 Å². The van der Waals surface area contributed by atoms with Crippen LogP contribution in [0, 0.1) is 0 Å². The molecule has 0 fully saturated rings. The fourth-order valence-electron chi connectivity index (χ4n) is 8.93. The van der Waals surface area contributed by atoms with Gasteiger partial charge in [0.2, 0.25) is 0 Å². The van der Waals surface area contributed by atoms with Crippen molar-refractivity contribution in [2.24, 2.45) is 0 Å². The van der Waals surface area contributed by atoms with Crippen molar-refractivity contribution in [3.05, 3.63) is 132 Å². The lowest BCUT2D eigenvalue weighted by molar-refractivity contribution is 0.540. The third-order valence-electron chi connectivity index (χ3n) is 10.6. The lowest BCUT2D eigenvalue weighted by Gasteiger charge is -2.46. The predicted octanol–water partition coefficient (Wildman–Crippen LogP) is 8.22. The molecule has 45 heavy (non-hydrogen) atoms. The normalized spacial score (nSPS) is 17.1. The Hall–Kier alpha value is -5.16. The number of hydrogen-bond acceptors (Lipinski definition) is 4. The highest BCUT2D eigenvalue weighted by Gasteiger charge is 2.56. The molecule has 0 amide bonds. The van der Waals surface area contributed by atoms with Crippen molar-refractivity contribution >= 4 is 63.1 Å². The summed E-state index contributed by atoms with van der Waals surface area (Å²) in [4.78, 5) is 7.55. The van der Waals surface area contributed by atoms with E-state index in [4.69, 9.17) is 4.42 Å². The third-order valence-corrected chi connectivity index (χ3v) is 10.6. The molecule has 6 aromatic rings. The van der Waals surface area contributed by atoms with Crippen LogP contribution in [0.3, 0.4) is 0 Å². The summed E-state index contributed by atoms with van der Waals surface area (Å²) in [7, 11) is 0. The lowest BCUT2D eigenvalue weighted by atomic mass is 9.35. The van der Waals surface area contributed by atoms with Crippen LogP contribution in [0.25, 0.3) is 11.3 Å². The molecule has 5 heteroatoms. The molecule has 0 N–H and O–H groups in total. The van der Waals surface area contributed by atoms with Crippen LogP contribution in [0.4, 0.5) is 39.8 Å². The van der Waals surface area contributed by atoms with E-state index in [0.717, 1.165) is 17.1 Å². The first-order valence-electron chi connectivity index (χ1n) is 15.9. The van der Waals surface area contributed by atoms with E-state index in [-0.39, 0.29) is 17.8 Å². The minimum atomic E-state index is -0.344. The zero-order chi connectivity index (χ0) is 30.2. The first-order chi connectivity index (χ1) is 21.9. The van der Waals surface area contributed by atoms with Gasteiger partial charge in [0, 0.05) is 39.3 Å². The monoisotopic (exact) mass is 581 g/mol. The summed E-state index contributed by atoms with van der Waals surface area (Å²) in [5, 5.41) is 0. The van der Waals surface area contributed by atoms with Crippen LogP contribution >= 0.6 is 0 Å². The molecule has 0 unspecified atom stereocenters. The first kappa shape index (κ1) is 25.2. The molecule has 0 spiro atoms. The Bertz CT molecular complexity index is 2200. The van der Waals surface area contributed by atoms with E-state index in [1.807, 2.05) is 0 Å². The summed E-state index contributed by atoms with van der Waals surface area (Å²) in [6, 6.07) is 44.1. The van der Waals surface area contributed by atoms with Crippen LogP contribution in [0.2, 0.25) is 0 Å². The molecule has 10 rings (SSSR count). The number of para-hydroxylation sites is 3. The average molecular weight is 582 g/mol. The number of benzene rings is 5. The maximum Gasteiger partial charge on any atom is 0.297 e. The van der Waals surface area contributed by atoms with Crippen LogP contribution in [-0.4, -0.2) is 12.4 Å². The molecule has 0 atom stereocenters. The van der Waals surface area contributed by atoms with Gasteiger partial charge >= 0.3 is 0 Å². The number of fused-ring (bicyclic) bond motifs is 8. The highest BCUT2D eigenvalue weighted by atomic mass is 16.3. The van der Waals surface area contributed by atoms with Crippen molar-refractivity contribution < 1.29 is 4.42 Å². The highest BCUT2D eigenvalue weighted by Crippen LogP contribution is 2.58. The summed E-state index contributed by atoms with van der Waals surface area (Å²) in [6.45, 7) is 9.36. The highest BCUT2D eigenvalue weighted by molar-refractivity contribution is 6.99. The second-order valence-electron chi connectivity index (χ2n) is 13.7. The fraction of sp³-hybridized carbons (Fsp3) is 0.150. The lowest BCUT2D eigenvalue weighted by Crippen LogP contribution is -2.63. The number of furan rings is 1. The first-order valence-corrected chi connectivity index (χ1v) is 15.9. The van der Waals surface area contributed by atoms with E-state index in [1.165, 1.54) is 61.7 Å². The Morgan fingerprint density at radius 2 is 1.22 bits per heavy atom. The average Bonchev–Trinajstić information content (AvgIpc) is 3.64. The molecule has 1 aromatic heterocycles. The molecule has 4 nitrogen and oxygen atoms in total. The molecule has 4 aliphatic rings. The van der Waals surface area contributed by atoms with Crippen molar-refractivity contribution in [1.29, 1.82) is 0 Å². The van der Waals surface area contributed by atoms with Crippen LogP contribution in [-0.2, 0) is 5.41 Å². The number of anilines is 7. The summed E-state index contributed by atoms with van der Waals surface area (Å²) >= 11 is 0. The van der Waals surface area contributed by atoms with E-state index < -0.39 is 0 Å². The van der Waals surface area contributed by atoms with Crippen molar-refractivity contribution in [1.82, 2.24) is 0 Å². The zero-order valence-electron chi connectivity index (χ0n) is 25.9. The fourth-order valence-corrected chi connectivity index (χ4v) is 8.93. The van der Waals surface area contributed by atoms with Gasteiger partial charge < -0.3 is 19.1 Å². The zero-order valence-corrected chi connectivity index (χ0v) is 25.9. The molecule has 3 aliphatic heterocycles. The van der Waals surface area contributed by atoms with E-state index >= 15 is 0 Å². The predicted molar refractivity (Wildman–Crippen MR) is 187 cm³/mol. The summed E-state index contributed by atoms with van der Waals surface area (Å²) < 4.78 is 7.25. The van der Waals surface area contributed by atoms with Gasteiger partial charge in [-0.3, -0.25) is 0 Å². The minimum Gasteiger partial charge on any atom is -0.468 e. The molecule has 0 radical (unpaired) electrons. The third kappa shape index (κ3) is 2.94. The standard InChI is InChI=1S/C40H32BN3O/c1-39(2)28-20-12-11-19-27(28)37-33(39)36-38(45-37)41-29-21-13-24-32-35(29)44(40(3,4)43(32)26-17-9-6-10-18-26)31-23-14-22-30(34(31)41)42(36)25-15-7-5-8-16-25/h5-24H,1-4H3. The molecule has 0 saturated carbocycles. The topological polar surface area (TPSA) is 22.9 Å². The molecule has 5 aromatic carbocycles. The van der Waals surface area contributed by atoms with Crippen molar-refractivity contribution in [2.45, 2.75) is 38.8 Å². The molecular formula is C40H32BN3O. The number of rotatable bonds is 2. The van der Waals surface area contributed by atoms with Crippen LogP contribution < -0.4 is 31.3 Å². The summed E-state index contributed by atoms with van der Waals surface area (Å²) in [5.41, 5.74) is 15.4. The van der Waals surface area contributed by atoms with Gasteiger partial charge in [-0.25, -0.2) is 0 Å². The van der Waals surface area contributed by atoms with E-state index in [9.17, 15) is 0 Å². The van der Waals surface area contributed by atoms with Gasteiger partial charge in [-0.15, -0.1) is 0 Å². The maximum absolute atomic E-state index is 7.25. The SMILES string of the molecule is CC1(C)c2ccccc2-c2oc3c(c21)N(c1ccccc1)c1cccc2c1B3c1cccc3c1N2C(C)(C)N3c1ccccc1. The van der Waals surface area contributed by atoms with Crippen molar-refractivity contribution in [2.75, 3.05) is 14.7 Å². The van der Waals surface area contributed by atoms with Gasteiger partial charge in [0.1, 0.15) is 11.4 Å². The van der Waals surface area contributed by atoms with Crippen molar-refractivity contribution in [3.63, 3.8) is 0 Å². The second kappa shape index (κ2) is 8.31. The van der Waals surface area contributed by atoms with Gasteiger partial charge in [0.25, 0.3) is 6.71 Å². The molecule has 216 valence electrons. The Morgan fingerprint density at radius 3 is 2.00 bits per heavy atom. The molecular weight excluding hydrogens is 549 g/mol. The van der Waals surface area contributed by atoms with Gasteiger partial charge in [0.15, 0.2) is 0 Å². The Balaban J connectivity index is 1.32. The van der Waals surface area contributed by atoms with Gasteiger partial charge in [0.05, 0.1) is 22.7 Å². The quantitative estimate of drug-likeness (QED) is 0.192. The van der Waals surface area contributed by atoms with E-state index in [2.05, 4.69) is 164 Å². The van der Waals surface area contributed by atoms with Gasteiger partial charge in [-0.1, -0.05) is 92.7 Å². The molecule has 4 heterocycles. The van der Waals surface area contributed by atoms with E-state index in [0.29, 0.717) is 0 Å². The number of hydrogen-bond donors (Lipinski definition) is 0. The summed E-state index contributed by atoms with van der Waals surface area (Å²) in [5.74, 6) is 1.01. The number of nitrogens with zero attached hydrogens (tertiary/aromatic N) is 3. The maximum atomic E-state index is 7.25. The Kier molecular flexibility index (Phi) is 4.65. The summed E-state index contributed by atoms with van der Waals surface area (Å²) in [6.07, 6.45) is 0. The van der Waals surface area contributed by atoms with E-state index in [1.54, 1.807) is 0 Å². The smallest absolute Gasteiger partial charge is 0.297 e. The van der Waals surface area contributed by atoms with Crippen LogP contribution in [0.1, 0.15) is 38.8 Å². The van der Waals surface area contributed by atoms with Gasteiger partial charge in [-0.05, 0) is 72.8 Å². The van der Waals surface area contributed by atoms with Gasteiger partial charge in [-0.2, -0.15) is 0 Å². The molecule has 0 saturated heterocycles. The molecule has 1 aliphatic carbocycles.